The molecule has 158 valence electrons. The lowest BCUT2D eigenvalue weighted by atomic mass is 9.96. The van der Waals surface area contributed by atoms with E-state index in [1.807, 2.05) is 38.1 Å². The highest BCUT2D eigenvalue weighted by Crippen LogP contribution is 2.26. The molecule has 5 heteroatoms. The van der Waals surface area contributed by atoms with Gasteiger partial charge in [0.1, 0.15) is 11.3 Å². The Morgan fingerprint density at radius 3 is 2.57 bits per heavy atom. The molecular formula is C25H30N2O3. The summed E-state index contributed by atoms with van der Waals surface area (Å²) in [5, 5.41) is 4.12. The summed E-state index contributed by atoms with van der Waals surface area (Å²) in [7, 11) is 1.69. The Morgan fingerprint density at radius 1 is 1.13 bits per heavy atom. The molecule has 5 nitrogen and oxygen atoms in total. The van der Waals surface area contributed by atoms with Gasteiger partial charge in [0.05, 0.1) is 7.11 Å². The first-order chi connectivity index (χ1) is 14.5. The first-order valence-electron chi connectivity index (χ1n) is 10.7. The quantitative estimate of drug-likeness (QED) is 0.645. The number of methoxy groups -OCH3 is 1. The maximum absolute atomic E-state index is 12.7. The average molecular weight is 407 g/mol. The summed E-state index contributed by atoms with van der Waals surface area (Å²) in [6.07, 6.45) is 2.18. The molecule has 0 unspecified atom stereocenters. The Bertz CT molecular complexity index is 1010. The van der Waals surface area contributed by atoms with E-state index in [4.69, 9.17) is 9.15 Å². The molecule has 1 N–H and O–H groups in total. The number of piperidine rings is 1. The summed E-state index contributed by atoms with van der Waals surface area (Å²) in [6, 6.07) is 14.3. The van der Waals surface area contributed by atoms with Crippen LogP contribution in [-0.4, -0.2) is 37.6 Å². The summed E-state index contributed by atoms with van der Waals surface area (Å²) in [5.41, 5.74) is 4.16. The Balaban J connectivity index is 1.27. The van der Waals surface area contributed by atoms with E-state index in [-0.39, 0.29) is 5.91 Å². The molecule has 0 spiro atoms. The van der Waals surface area contributed by atoms with Crippen LogP contribution < -0.4 is 10.1 Å². The second kappa shape index (κ2) is 8.92. The van der Waals surface area contributed by atoms with Crippen LogP contribution in [0.1, 0.15) is 40.1 Å². The van der Waals surface area contributed by atoms with Crippen LogP contribution in [-0.2, 0) is 6.54 Å². The van der Waals surface area contributed by atoms with Crippen LogP contribution in [0.2, 0.25) is 0 Å². The van der Waals surface area contributed by atoms with Crippen LogP contribution in [0, 0.1) is 19.8 Å². The largest absolute Gasteiger partial charge is 0.497 e. The molecule has 1 aliphatic rings. The van der Waals surface area contributed by atoms with Crippen LogP contribution in [0.5, 0.6) is 5.75 Å². The van der Waals surface area contributed by atoms with Crippen molar-refractivity contribution in [2.24, 2.45) is 5.92 Å². The molecule has 30 heavy (non-hydrogen) atoms. The van der Waals surface area contributed by atoms with Gasteiger partial charge in [-0.1, -0.05) is 23.8 Å². The number of furan rings is 1. The van der Waals surface area contributed by atoms with Gasteiger partial charge in [0.25, 0.3) is 5.91 Å². The van der Waals surface area contributed by atoms with Gasteiger partial charge in [0, 0.05) is 24.0 Å². The van der Waals surface area contributed by atoms with Crippen molar-refractivity contribution in [1.82, 2.24) is 10.2 Å². The molecule has 2 heterocycles. The number of aryl methyl sites for hydroxylation is 2. The monoisotopic (exact) mass is 406 g/mol. The van der Waals surface area contributed by atoms with Gasteiger partial charge >= 0.3 is 0 Å². The predicted molar refractivity (Wildman–Crippen MR) is 119 cm³/mol. The van der Waals surface area contributed by atoms with Crippen LogP contribution >= 0.6 is 0 Å². The molecule has 4 rings (SSSR count). The van der Waals surface area contributed by atoms with Gasteiger partial charge in [-0.15, -0.1) is 0 Å². The van der Waals surface area contributed by atoms with Crippen LogP contribution in [0.3, 0.4) is 0 Å². The lowest BCUT2D eigenvalue weighted by Crippen LogP contribution is -2.38. The first kappa shape index (κ1) is 20.5. The predicted octanol–water partition coefficient (Wildman–Crippen LogP) is 4.70. The number of amides is 1. The molecule has 3 aromatic rings. The van der Waals surface area contributed by atoms with Crippen molar-refractivity contribution in [2.45, 2.75) is 33.2 Å². The number of ether oxygens (including phenoxy) is 1. The van der Waals surface area contributed by atoms with Crippen molar-refractivity contribution in [3.8, 4) is 5.75 Å². The third kappa shape index (κ3) is 4.51. The zero-order valence-corrected chi connectivity index (χ0v) is 18.0. The summed E-state index contributed by atoms with van der Waals surface area (Å²) in [5.74, 6) is 1.73. The smallest absolute Gasteiger partial charge is 0.287 e. The minimum Gasteiger partial charge on any atom is -0.497 e. The van der Waals surface area contributed by atoms with Crippen LogP contribution in [0.15, 0.2) is 46.9 Å². The number of nitrogens with zero attached hydrogens (tertiary/aromatic N) is 1. The summed E-state index contributed by atoms with van der Waals surface area (Å²) in [6.45, 7) is 7.76. The molecule has 1 aromatic heterocycles. The van der Waals surface area contributed by atoms with Crippen molar-refractivity contribution < 1.29 is 13.9 Å². The minimum absolute atomic E-state index is 0.109. The van der Waals surface area contributed by atoms with Gasteiger partial charge in [-0.05, 0) is 75.5 Å². The number of carbonyl (C=O) groups is 1. The Kier molecular flexibility index (Phi) is 6.09. The van der Waals surface area contributed by atoms with Gasteiger partial charge in [-0.25, -0.2) is 0 Å². The van der Waals surface area contributed by atoms with Crippen molar-refractivity contribution in [3.05, 3.63) is 64.9 Å². The summed E-state index contributed by atoms with van der Waals surface area (Å²) < 4.78 is 11.1. The fourth-order valence-corrected chi connectivity index (χ4v) is 4.21. The first-order valence-corrected chi connectivity index (χ1v) is 10.7. The summed E-state index contributed by atoms with van der Waals surface area (Å²) in [4.78, 5) is 15.2. The molecule has 1 saturated heterocycles. The molecular weight excluding hydrogens is 376 g/mol. The zero-order valence-electron chi connectivity index (χ0n) is 18.0. The number of rotatable bonds is 6. The van der Waals surface area contributed by atoms with Gasteiger partial charge in [-0.3, -0.25) is 9.69 Å². The number of fused-ring (bicyclic) bond motifs is 1. The Morgan fingerprint density at radius 2 is 1.87 bits per heavy atom. The zero-order chi connectivity index (χ0) is 21.1. The van der Waals surface area contributed by atoms with E-state index in [1.54, 1.807) is 7.11 Å². The molecule has 0 bridgehead atoms. The van der Waals surface area contributed by atoms with E-state index in [2.05, 4.69) is 28.4 Å². The number of hydrogen-bond acceptors (Lipinski definition) is 4. The maximum Gasteiger partial charge on any atom is 0.287 e. The maximum atomic E-state index is 12.7. The molecule has 0 atom stereocenters. The van der Waals surface area contributed by atoms with E-state index in [0.717, 1.165) is 54.8 Å². The standard InChI is InChI=1S/C25H30N2O3/c1-17-4-9-23-22(14-17)18(2)24(30-23)25(28)26-15-19-10-12-27(13-11-19)16-20-5-7-21(29-3)8-6-20/h4-9,14,19H,10-13,15-16H2,1-3H3,(H,26,28). The summed E-state index contributed by atoms with van der Waals surface area (Å²) >= 11 is 0. The lowest BCUT2D eigenvalue weighted by molar-refractivity contribution is 0.0909. The van der Waals surface area contributed by atoms with Gasteiger partial charge in [0.15, 0.2) is 5.76 Å². The molecule has 1 aliphatic heterocycles. The number of hydrogen-bond donors (Lipinski definition) is 1. The van der Waals surface area contributed by atoms with Crippen molar-refractivity contribution >= 4 is 16.9 Å². The molecule has 0 radical (unpaired) electrons. The molecule has 0 saturated carbocycles. The molecule has 1 fully saturated rings. The molecule has 2 aromatic carbocycles. The second-order valence-corrected chi connectivity index (χ2v) is 8.33. The fourth-order valence-electron chi connectivity index (χ4n) is 4.21. The van der Waals surface area contributed by atoms with Crippen LogP contribution in [0.4, 0.5) is 0 Å². The molecule has 0 aliphatic carbocycles. The van der Waals surface area contributed by atoms with E-state index >= 15 is 0 Å². The highest BCUT2D eigenvalue weighted by Gasteiger charge is 2.22. The third-order valence-corrected chi connectivity index (χ3v) is 6.12. The number of nitrogens with one attached hydrogen (secondary N) is 1. The molecule has 1 amide bonds. The number of likely N-dealkylation sites (tertiary alicyclic amines) is 1. The van der Waals surface area contributed by atoms with Gasteiger partial charge < -0.3 is 14.5 Å². The van der Waals surface area contributed by atoms with E-state index < -0.39 is 0 Å². The Hall–Kier alpha value is -2.79. The van der Waals surface area contributed by atoms with E-state index in [1.165, 1.54) is 11.1 Å². The van der Waals surface area contributed by atoms with Crippen molar-refractivity contribution in [2.75, 3.05) is 26.7 Å². The fraction of sp³-hybridized carbons (Fsp3) is 0.400. The minimum atomic E-state index is -0.109. The normalized spacial score (nSPS) is 15.4. The Labute approximate surface area is 178 Å². The van der Waals surface area contributed by atoms with Crippen LogP contribution in [0.25, 0.3) is 11.0 Å². The second-order valence-electron chi connectivity index (χ2n) is 8.33. The topological polar surface area (TPSA) is 54.7 Å². The lowest BCUT2D eigenvalue weighted by Gasteiger charge is -2.32. The average Bonchev–Trinajstić information content (AvgIpc) is 3.09. The number of benzene rings is 2. The van der Waals surface area contributed by atoms with Crippen molar-refractivity contribution in [1.29, 1.82) is 0 Å². The van der Waals surface area contributed by atoms with Gasteiger partial charge in [-0.2, -0.15) is 0 Å². The highest BCUT2D eigenvalue weighted by atomic mass is 16.5. The van der Waals surface area contributed by atoms with Crippen molar-refractivity contribution in [3.63, 3.8) is 0 Å². The highest BCUT2D eigenvalue weighted by molar-refractivity contribution is 5.99. The third-order valence-electron chi connectivity index (χ3n) is 6.12. The number of carbonyl (C=O) groups excluding carboxylic acids is 1. The van der Waals surface area contributed by atoms with Gasteiger partial charge in [0.2, 0.25) is 0 Å². The van der Waals surface area contributed by atoms with E-state index in [0.29, 0.717) is 18.2 Å². The SMILES string of the molecule is COc1ccc(CN2CCC(CNC(=O)c3oc4ccc(C)cc4c3C)CC2)cc1. The van der Waals surface area contributed by atoms with E-state index in [9.17, 15) is 4.79 Å².